The molecule has 7 nitrogen and oxygen atoms in total. The number of aryl methyl sites for hydroxylation is 1. The van der Waals surface area contributed by atoms with Gasteiger partial charge in [-0.1, -0.05) is 0 Å². The first-order valence-corrected chi connectivity index (χ1v) is 8.60. The molecule has 1 aromatic rings. The number of aromatic nitrogens is 2. The molecule has 1 aliphatic heterocycles. The molecule has 1 N–H and O–H groups in total. The van der Waals surface area contributed by atoms with Crippen molar-refractivity contribution >= 4 is 11.8 Å². The Kier molecular flexibility index (Phi) is 5.40. The molecule has 0 bridgehead atoms. The molecule has 130 valence electrons. The molecule has 2 aliphatic rings. The lowest BCUT2D eigenvalue weighted by Crippen LogP contribution is -2.40. The minimum atomic E-state index is -0.197. The molecule has 2 amide bonds. The van der Waals surface area contributed by atoms with E-state index in [4.69, 9.17) is 4.74 Å². The predicted octanol–water partition coefficient (Wildman–Crippen LogP) is 1.07. The van der Waals surface area contributed by atoms with Crippen molar-refractivity contribution in [3.8, 4) is 0 Å². The monoisotopic (exact) mass is 332 g/mol. The van der Waals surface area contributed by atoms with Crippen molar-refractivity contribution in [3.63, 3.8) is 0 Å². The lowest BCUT2D eigenvalue weighted by Gasteiger charge is -2.25. The molecule has 7 heteroatoms. The van der Waals surface area contributed by atoms with E-state index in [-0.39, 0.29) is 17.9 Å². The van der Waals surface area contributed by atoms with Gasteiger partial charge in [-0.15, -0.1) is 0 Å². The summed E-state index contributed by atoms with van der Waals surface area (Å²) in [6, 6.07) is 0.336. The summed E-state index contributed by atoms with van der Waals surface area (Å²) in [6.45, 7) is 3.42. The van der Waals surface area contributed by atoms with Gasteiger partial charge in [-0.3, -0.25) is 14.6 Å². The second-order valence-electron chi connectivity index (χ2n) is 6.52. The molecular weight excluding hydrogens is 308 g/mol. The predicted molar refractivity (Wildman–Crippen MR) is 87.4 cm³/mol. The van der Waals surface area contributed by atoms with Gasteiger partial charge in [0, 0.05) is 38.4 Å². The molecule has 1 aromatic heterocycles. The second-order valence-corrected chi connectivity index (χ2v) is 6.52. The van der Waals surface area contributed by atoms with Crippen LogP contribution in [0.1, 0.15) is 48.3 Å². The van der Waals surface area contributed by atoms with Gasteiger partial charge in [0.25, 0.3) is 5.91 Å². The highest BCUT2D eigenvalue weighted by atomic mass is 16.5. The highest BCUT2D eigenvalue weighted by Gasteiger charge is 2.26. The average molecular weight is 332 g/mol. The van der Waals surface area contributed by atoms with E-state index in [1.54, 1.807) is 11.1 Å². The van der Waals surface area contributed by atoms with Crippen molar-refractivity contribution in [1.82, 2.24) is 20.2 Å². The van der Waals surface area contributed by atoms with Crippen molar-refractivity contribution in [3.05, 3.63) is 23.8 Å². The van der Waals surface area contributed by atoms with Gasteiger partial charge in [-0.25, -0.2) is 4.98 Å². The summed E-state index contributed by atoms with van der Waals surface area (Å²) in [6.07, 6.45) is 7.48. The Balaban J connectivity index is 1.61. The van der Waals surface area contributed by atoms with Crippen LogP contribution in [0, 0.1) is 6.92 Å². The largest absolute Gasteiger partial charge is 0.376 e. The van der Waals surface area contributed by atoms with Crippen molar-refractivity contribution < 1.29 is 14.3 Å². The lowest BCUT2D eigenvalue weighted by atomic mass is 10.2. The van der Waals surface area contributed by atoms with E-state index in [1.165, 1.54) is 6.20 Å². The van der Waals surface area contributed by atoms with Gasteiger partial charge in [0.1, 0.15) is 5.69 Å². The van der Waals surface area contributed by atoms with Crippen LogP contribution in [-0.4, -0.2) is 58.5 Å². The van der Waals surface area contributed by atoms with Crippen LogP contribution in [0.4, 0.5) is 0 Å². The van der Waals surface area contributed by atoms with Crippen LogP contribution in [0.5, 0.6) is 0 Å². The molecule has 1 saturated carbocycles. The highest BCUT2D eigenvalue weighted by Crippen LogP contribution is 2.19. The summed E-state index contributed by atoms with van der Waals surface area (Å²) in [5.74, 6) is -0.199. The van der Waals surface area contributed by atoms with Crippen LogP contribution < -0.4 is 5.32 Å². The third-order valence-electron chi connectivity index (χ3n) is 4.29. The molecule has 0 aromatic carbocycles. The van der Waals surface area contributed by atoms with Crippen LogP contribution >= 0.6 is 0 Å². The van der Waals surface area contributed by atoms with Gasteiger partial charge in [0.2, 0.25) is 5.91 Å². The van der Waals surface area contributed by atoms with E-state index in [0.29, 0.717) is 31.2 Å². The van der Waals surface area contributed by atoms with Crippen molar-refractivity contribution in [2.24, 2.45) is 0 Å². The summed E-state index contributed by atoms with van der Waals surface area (Å²) in [5, 5.41) is 2.95. The van der Waals surface area contributed by atoms with Gasteiger partial charge in [0.15, 0.2) is 0 Å². The van der Waals surface area contributed by atoms with Gasteiger partial charge in [0.05, 0.1) is 18.0 Å². The number of hydrogen-bond donors (Lipinski definition) is 1. The fraction of sp³-hybridized carbons (Fsp3) is 0.647. The Labute approximate surface area is 141 Å². The number of nitrogens with one attached hydrogen (secondary N) is 1. The first kappa shape index (κ1) is 16.8. The standard InChI is InChI=1S/C17H24N4O3/c1-12-9-19-15(10-18-12)17(23)21(11-14-3-2-8-24-14)7-6-16(22)20-13-4-5-13/h9-10,13-14H,2-8,11H2,1H3,(H,20,22). The van der Waals surface area contributed by atoms with E-state index in [0.717, 1.165) is 38.0 Å². The topological polar surface area (TPSA) is 84.4 Å². The average Bonchev–Trinajstić information content (AvgIpc) is 3.23. The Morgan fingerprint density at radius 3 is 2.75 bits per heavy atom. The number of amides is 2. The quantitative estimate of drug-likeness (QED) is 0.807. The summed E-state index contributed by atoms with van der Waals surface area (Å²) in [7, 11) is 0. The zero-order valence-corrected chi connectivity index (χ0v) is 14.0. The lowest BCUT2D eigenvalue weighted by molar-refractivity contribution is -0.121. The summed E-state index contributed by atoms with van der Waals surface area (Å²) < 4.78 is 5.64. The number of carbonyl (C=O) groups is 2. The molecule has 24 heavy (non-hydrogen) atoms. The van der Waals surface area contributed by atoms with Crippen LogP contribution in [-0.2, 0) is 9.53 Å². The maximum atomic E-state index is 12.7. The molecule has 1 aliphatic carbocycles. The molecule has 2 fully saturated rings. The number of carbonyl (C=O) groups excluding carboxylic acids is 2. The highest BCUT2D eigenvalue weighted by molar-refractivity contribution is 5.92. The SMILES string of the molecule is Cc1cnc(C(=O)N(CCC(=O)NC2CC2)CC2CCCO2)cn1. The summed E-state index contributed by atoms with van der Waals surface area (Å²) >= 11 is 0. The third kappa shape index (κ3) is 4.74. The Morgan fingerprint density at radius 1 is 1.29 bits per heavy atom. The smallest absolute Gasteiger partial charge is 0.274 e. The van der Waals surface area contributed by atoms with Gasteiger partial charge >= 0.3 is 0 Å². The number of hydrogen-bond acceptors (Lipinski definition) is 5. The van der Waals surface area contributed by atoms with Crippen molar-refractivity contribution in [2.75, 3.05) is 19.7 Å². The molecule has 2 heterocycles. The maximum absolute atomic E-state index is 12.7. The summed E-state index contributed by atoms with van der Waals surface area (Å²) in [5.41, 5.74) is 1.07. The van der Waals surface area contributed by atoms with Gasteiger partial charge in [-0.05, 0) is 32.6 Å². The normalized spacial score (nSPS) is 20.0. The van der Waals surface area contributed by atoms with Crippen LogP contribution in [0.15, 0.2) is 12.4 Å². The van der Waals surface area contributed by atoms with E-state index in [1.807, 2.05) is 6.92 Å². The Bertz CT molecular complexity index is 580. The first-order valence-electron chi connectivity index (χ1n) is 8.60. The van der Waals surface area contributed by atoms with E-state index in [9.17, 15) is 9.59 Å². The molecule has 1 atom stereocenters. The molecule has 0 spiro atoms. The number of ether oxygens (including phenoxy) is 1. The minimum Gasteiger partial charge on any atom is -0.376 e. The zero-order chi connectivity index (χ0) is 16.9. The fourth-order valence-corrected chi connectivity index (χ4v) is 2.74. The molecule has 1 saturated heterocycles. The number of nitrogens with zero attached hydrogens (tertiary/aromatic N) is 3. The van der Waals surface area contributed by atoms with Crippen LogP contribution in [0.3, 0.4) is 0 Å². The molecule has 0 radical (unpaired) electrons. The second kappa shape index (κ2) is 7.70. The van der Waals surface area contributed by atoms with Crippen LogP contribution in [0.2, 0.25) is 0 Å². The van der Waals surface area contributed by atoms with Gasteiger partial charge in [-0.2, -0.15) is 0 Å². The Hall–Kier alpha value is -2.02. The van der Waals surface area contributed by atoms with Crippen LogP contribution in [0.25, 0.3) is 0 Å². The molecule has 1 unspecified atom stereocenters. The summed E-state index contributed by atoms with van der Waals surface area (Å²) in [4.78, 5) is 34.6. The maximum Gasteiger partial charge on any atom is 0.274 e. The van der Waals surface area contributed by atoms with Crippen molar-refractivity contribution in [2.45, 2.75) is 51.2 Å². The molecular formula is C17H24N4O3. The van der Waals surface area contributed by atoms with E-state index in [2.05, 4.69) is 15.3 Å². The number of rotatable bonds is 7. The third-order valence-corrected chi connectivity index (χ3v) is 4.29. The zero-order valence-electron chi connectivity index (χ0n) is 14.0. The Morgan fingerprint density at radius 2 is 2.12 bits per heavy atom. The van der Waals surface area contributed by atoms with E-state index < -0.39 is 0 Å². The first-order chi connectivity index (χ1) is 11.6. The van der Waals surface area contributed by atoms with Gasteiger partial charge < -0.3 is 15.0 Å². The fourth-order valence-electron chi connectivity index (χ4n) is 2.74. The minimum absolute atomic E-state index is 0.00219. The van der Waals surface area contributed by atoms with Crippen molar-refractivity contribution in [1.29, 1.82) is 0 Å². The van der Waals surface area contributed by atoms with E-state index >= 15 is 0 Å². The molecule has 3 rings (SSSR count).